The standard InChI is InChI=1S/C10H10N4O4/c15-7(17-9-11-3-4-12-9)1-2-8(16)18-10-13-5-6-14-10/h3-6H,1-2H2,(H,11,12)(H,13,14). The molecule has 0 unspecified atom stereocenters. The average Bonchev–Trinajstić information content (AvgIpc) is 2.99. The first-order chi connectivity index (χ1) is 8.74. The van der Waals surface area contributed by atoms with Gasteiger partial charge in [0.1, 0.15) is 0 Å². The van der Waals surface area contributed by atoms with Crippen LogP contribution in [-0.4, -0.2) is 31.9 Å². The molecule has 94 valence electrons. The third-order valence-corrected chi connectivity index (χ3v) is 1.90. The lowest BCUT2D eigenvalue weighted by molar-refractivity contribution is -0.141. The summed E-state index contributed by atoms with van der Waals surface area (Å²) in [4.78, 5) is 35.2. The Bertz CT molecular complexity index is 458. The zero-order valence-corrected chi connectivity index (χ0v) is 9.25. The van der Waals surface area contributed by atoms with Gasteiger partial charge in [-0.2, -0.15) is 0 Å². The molecule has 0 spiro atoms. The van der Waals surface area contributed by atoms with Crippen LogP contribution in [0.4, 0.5) is 0 Å². The second kappa shape index (κ2) is 5.62. The summed E-state index contributed by atoms with van der Waals surface area (Å²) in [5, 5.41) is 0. The van der Waals surface area contributed by atoms with Crippen molar-refractivity contribution in [3.8, 4) is 12.0 Å². The van der Waals surface area contributed by atoms with E-state index >= 15 is 0 Å². The van der Waals surface area contributed by atoms with Crippen LogP contribution in [0, 0.1) is 0 Å². The number of aromatic nitrogens is 4. The predicted molar refractivity (Wildman–Crippen MR) is 57.7 cm³/mol. The first kappa shape index (κ1) is 11.8. The van der Waals surface area contributed by atoms with Crippen molar-refractivity contribution in [2.45, 2.75) is 12.8 Å². The van der Waals surface area contributed by atoms with E-state index in [2.05, 4.69) is 19.9 Å². The van der Waals surface area contributed by atoms with Gasteiger partial charge in [-0.3, -0.25) is 9.59 Å². The van der Waals surface area contributed by atoms with E-state index in [1.165, 1.54) is 24.8 Å². The molecule has 0 amide bonds. The molecule has 0 saturated heterocycles. The molecular formula is C10H10N4O4. The van der Waals surface area contributed by atoms with Gasteiger partial charge in [-0.15, -0.1) is 0 Å². The zero-order chi connectivity index (χ0) is 12.8. The lowest BCUT2D eigenvalue weighted by Gasteiger charge is -2.01. The van der Waals surface area contributed by atoms with Crippen LogP contribution in [0.3, 0.4) is 0 Å². The molecule has 8 heteroatoms. The summed E-state index contributed by atoms with van der Waals surface area (Å²) >= 11 is 0. The van der Waals surface area contributed by atoms with Crippen LogP contribution in [0.5, 0.6) is 12.0 Å². The lowest BCUT2D eigenvalue weighted by Crippen LogP contribution is -2.14. The molecular weight excluding hydrogens is 240 g/mol. The number of nitrogens with one attached hydrogen (secondary N) is 2. The van der Waals surface area contributed by atoms with Gasteiger partial charge in [0, 0.05) is 24.8 Å². The van der Waals surface area contributed by atoms with Crippen LogP contribution in [0.25, 0.3) is 0 Å². The fraction of sp³-hybridized carbons (Fsp3) is 0.200. The van der Waals surface area contributed by atoms with E-state index in [0.29, 0.717) is 0 Å². The van der Waals surface area contributed by atoms with Crippen molar-refractivity contribution in [3.63, 3.8) is 0 Å². The van der Waals surface area contributed by atoms with Crippen LogP contribution in [0.15, 0.2) is 24.8 Å². The molecule has 2 aromatic heterocycles. The monoisotopic (exact) mass is 250 g/mol. The Morgan fingerprint density at radius 1 is 0.944 bits per heavy atom. The quantitative estimate of drug-likeness (QED) is 0.744. The Kier molecular flexibility index (Phi) is 3.69. The molecule has 2 aromatic rings. The average molecular weight is 250 g/mol. The minimum absolute atomic E-state index is 0.0967. The molecule has 2 N–H and O–H groups in total. The maximum Gasteiger partial charge on any atom is 0.314 e. The van der Waals surface area contributed by atoms with Crippen LogP contribution in [0.2, 0.25) is 0 Å². The number of ether oxygens (including phenoxy) is 2. The minimum Gasteiger partial charge on any atom is -0.392 e. The Morgan fingerprint density at radius 2 is 1.39 bits per heavy atom. The molecule has 0 fully saturated rings. The number of nitrogens with zero attached hydrogens (tertiary/aromatic N) is 2. The van der Waals surface area contributed by atoms with E-state index in [1.54, 1.807) is 0 Å². The van der Waals surface area contributed by atoms with Crippen molar-refractivity contribution in [2.75, 3.05) is 0 Å². The summed E-state index contributed by atoms with van der Waals surface area (Å²) in [6.45, 7) is 0. The van der Waals surface area contributed by atoms with E-state index in [4.69, 9.17) is 9.47 Å². The van der Waals surface area contributed by atoms with Crippen LogP contribution < -0.4 is 9.47 Å². The second-order valence-electron chi connectivity index (χ2n) is 3.24. The van der Waals surface area contributed by atoms with Gasteiger partial charge in [-0.05, 0) is 0 Å². The van der Waals surface area contributed by atoms with Crippen molar-refractivity contribution in [1.29, 1.82) is 0 Å². The summed E-state index contributed by atoms with van der Waals surface area (Å²) in [7, 11) is 0. The van der Waals surface area contributed by atoms with Crippen LogP contribution in [-0.2, 0) is 9.59 Å². The maximum absolute atomic E-state index is 11.3. The van der Waals surface area contributed by atoms with Gasteiger partial charge < -0.3 is 19.4 Å². The Labute approximate surface area is 101 Å². The van der Waals surface area contributed by atoms with E-state index < -0.39 is 11.9 Å². The number of hydrogen-bond acceptors (Lipinski definition) is 6. The van der Waals surface area contributed by atoms with Crippen LogP contribution in [0.1, 0.15) is 12.8 Å². The zero-order valence-electron chi connectivity index (χ0n) is 9.25. The molecule has 0 bridgehead atoms. The number of carbonyl (C=O) groups is 2. The van der Waals surface area contributed by atoms with Gasteiger partial charge in [0.2, 0.25) is 0 Å². The van der Waals surface area contributed by atoms with Gasteiger partial charge in [-0.25, -0.2) is 9.97 Å². The first-order valence-corrected chi connectivity index (χ1v) is 5.14. The van der Waals surface area contributed by atoms with Crippen molar-refractivity contribution < 1.29 is 19.1 Å². The fourth-order valence-electron chi connectivity index (χ4n) is 1.14. The summed E-state index contributed by atoms with van der Waals surface area (Å²) < 4.78 is 9.61. The molecule has 2 heterocycles. The van der Waals surface area contributed by atoms with Crippen molar-refractivity contribution in [1.82, 2.24) is 19.9 Å². The van der Waals surface area contributed by atoms with E-state index in [1.807, 2.05) is 0 Å². The molecule has 0 aliphatic carbocycles. The third kappa shape index (κ3) is 3.44. The highest BCUT2D eigenvalue weighted by molar-refractivity contribution is 5.79. The fourth-order valence-corrected chi connectivity index (χ4v) is 1.14. The molecule has 0 radical (unpaired) electrons. The van der Waals surface area contributed by atoms with Gasteiger partial charge in [0.15, 0.2) is 0 Å². The highest BCUT2D eigenvalue weighted by atomic mass is 16.6. The predicted octanol–water partition coefficient (Wildman–Crippen LogP) is 0.424. The number of esters is 2. The third-order valence-electron chi connectivity index (χ3n) is 1.90. The number of aromatic amines is 2. The van der Waals surface area contributed by atoms with E-state index in [9.17, 15) is 9.59 Å². The molecule has 8 nitrogen and oxygen atoms in total. The molecule has 0 saturated carbocycles. The molecule has 0 aliphatic heterocycles. The summed E-state index contributed by atoms with van der Waals surface area (Å²) in [6, 6.07) is 0.193. The summed E-state index contributed by atoms with van der Waals surface area (Å²) in [5.41, 5.74) is 0. The molecule has 2 rings (SSSR count). The van der Waals surface area contributed by atoms with Gasteiger partial charge in [0.25, 0.3) is 0 Å². The number of H-pyrrole nitrogens is 2. The van der Waals surface area contributed by atoms with E-state index in [0.717, 1.165) is 0 Å². The Hall–Kier alpha value is -2.64. The number of hydrogen-bond donors (Lipinski definition) is 2. The lowest BCUT2D eigenvalue weighted by atomic mass is 10.3. The topological polar surface area (TPSA) is 110 Å². The van der Waals surface area contributed by atoms with Gasteiger partial charge in [0.05, 0.1) is 12.8 Å². The largest absolute Gasteiger partial charge is 0.392 e. The normalized spacial score (nSPS) is 10.0. The van der Waals surface area contributed by atoms with Crippen molar-refractivity contribution in [2.24, 2.45) is 0 Å². The summed E-state index contributed by atoms with van der Waals surface area (Å²) in [6.07, 6.45) is 5.75. The number of carbonyl (C=O) groups excluding carboxylic acids is 2. The molecule has 0 aliphatic rings. The first-order valence-electron chi connectivity index (χ1n) is 5.14. The Morgan fingerprint density at radius 3 is 1.72 bits per heavy atom. The maximum atomic E-state index is 11.3. The minimum atomic E-state index is -0.568. The Balaban J connectivity index is 1.71. The van der Waals surface area contributed by atoms with Gasteiger partial charge >= 0.3 is 24.0 Å². The van der Waals surface area contributed by atoms with Crippen molar-refractivity contribution >= 4 is 11.9 Å². The molecule has 0 atom stereocenters. The van der Waals surface area contributed by atoms with Crippen molar-refractivity contribution in [3.05, 3.63) is 24.8 Å². The SMILES string of the molecule is O=C(CCC(=O)Oc1ncc[nH]1)Oc1ncc[nH]1. The molecule has 0 aromatic carbocycles. The number of imidazole rings is 2. The highest BCUT2D eigenvalue weighted by Gasteiger charge is 2.12. The smallest absolute Gasteiger partial charge is 0.314 e. The van der Waals surface area contributed by atoms with Gasteiger partial charge in [-0.1, -0.05) is 0 Å². The highest BCUT2D eigenvalue weighted by Crippen LogP contribution is 2.04. The van der Waals surface area contributed by atoms with Crippen LogP contribution >= 0.6 is 0 Å². The summed E-state index contributed by atoms with van der Waals surface area (Å²) in [5.74, 6) is -1.14. The van der Waals surface area contributed by atoms with E-state index in [-0.39, 0.29) is 24.9 Å². The number of rotatable bonds is 5. The molecule has 18 heavy (non-hydrogen) atoms. The second-order valence-corrected chi connectivity index (χ2v) is 3.24.